The zero-order chi connectivity index (χ0) is 11.0. The van der Waals surface area contributed by atoms with Crippen LogP contribution in [0.3, 0.4) is 0 Å². The van der Waals surface area contributed by atoms with E-state index in [1.807, 2.05) is 6.92 Å². The van der Waals surface area contributed by atoms with Gasteiger partial charge in [-0.1, -0.05) is 26.7 Å². The minimum Gasteiger partial charge on any atom is -0.481 e. The topological polar surface area (TPSA) is 54.4 Å². The maximum absolute atomic E-state index is 11.0. The number of unbranched alkanes of at least 4 members (excludes halogenated alkanes) is 1. The highest BCUT2D eigenvalue weighted by molar-refractivity contribution is 5.68. The Morgan fingerprint density at radius 2 is 2.00 bits per heavy atom. The molecule has 0 fully saturated rings. The molecule has 0 rings (SSSR count). The first kappa shape index (κ1) is 13.1. The molecule has 3 nitrogen and oxygen atoms in total. The molecule has 1 atom stereocenters. The maximum Gasteiger partial charge on any atom is 0.303 e. The number of carbonyl (C=O) groups is 2. The van der Waals surface area contributed by atoms with Crippen molar-refractivity contribution in [2.45, 2.75) is 52.4 Å². The van der Waals surface area contributed by atoms with Gasteiger partial charge in [0.1, 0.15) is 6.29 Å². The molecule has 0 bridgehead atoms. The summed E-state index contributed by atoms with van der Waals surface area (Å²) in [5.41, 5.74) is -0.394. The van der Waals surface area contributed by atoms with Crippen LogP contribution in [0.15, 0.2) is 0 Å². The summed E-state index contributed by atoms with van der Waals surface area (Å²) in [5, 5.41) is 8.58. The first-order chi connectivity index (χ1) is 6.60. The van der Waals surface area contributed by atoms with E-state index in [2.05, 4.69) is 6.92 Å². The van der Waals surface area contributed by atoms with Crippen LogP contribution in [0.4, 0.5) is 0 Å². The Hall–Kier alpha value is -0.860. The van der Waals surface area contributed by atoms with Crippen molar-refractivity contribution in [3.05, 3.63) is 0 Å². The van der Waals surface area contributed by atoms with Crippen LogP contribution >= 0.6 is 0 Å². The van der Waals surface area contributed by atoms with Gasteiger partial charge in [0.15, 0.2) is 0 Å². The van der Waals surface area contributed by atoms with Gasteiger partial charge < -0.3 is 9.90 Å². The van der Waals surface area contributed by atoms with Crippen LogP contribution in [0.2, 0.25) is 0 Å². The Balaban J connectivity index is 4.21. The summed E-state index contributed by atoms with van der Waals surface area (Å²) in [5.74, 6) is -0.818. The number of hydrogen-bond donors (Lipinski definition) is 1. The lowest BCUT2D eigenvalue weighted by molar-refractivity contribution is -0.138. The number of rotatable bonds is 8. The fourth-order valence-electron chi connectivity index (χ4n) is 1.56. The van der Waals surface area contributed by atoms with Crippen molar-refractivity contribution in [3.8, 4) is 0 Å². The molecule has 0 saturated carbocycles. The Morgan fingerprint density at radius 1 is 1.36 bits per heavy atom. The summed E-state index contributed by atoms with van der Waals surface area (Å²) in [7, 11) is 0. The Labute approximate surface area is 85.5 Å². The molecule has 0 heterocycles. The smallest absolute Gasteiger partial charge is 0.303 e. The van der Waals surface area contributed by atoms with Crippen molar-refractivity contribution < 1.29 is 14.7 Å². The predicted octanol–water partition coefficient (Wildman–Crippen LogP) is 2.64. The van der Waals surface area contributed by atoms with Gasteiger partial charge in [0.2, 0.25) is 0 Å². The molecule has 0 aliphatic rings. The summed E-state index contributed by atoms with van der Waals surface area (Å²) < 4.78 is 0. The molecule has 14 heavy (non-hydrogen) atoms. The number of aliphatic carboxylic acids is 1. The van der Waals surface area contributed by atoms with Crippen LogP contribution in [-0.4, -0.2) is 17.4 Å². The van der Waals surface area contributed by atoms with Gasteiger partial charge in [-0.15, -0.1) is 0 Å². The van der Waals surface area contributed by atoms with Crippen LogP contribution in [0.5, 0.6) is 0 Å². The van der Waals surface area contributed by atoms with Gasteiger partial charge in [-0.25, -0.2) is 0 Å². The molecular formula is C11H20O3. The normalized spacial score (nSPS) is 14.7. The maximum atomic E-state index is 11.0. The van der Waals surface area contributed by atoms with E-state index in [9.17, 15) is 9.59 Å². The fourth-order valence-corrected chi connectivity index (χ4v) is 1.56. The van der Waals surface area contributed by atoms with E-state index in [-0.39, 0.29) is 6.42 Å². The van der Waals surface area contributed by atoms with Gasteiger partial charge in [-0.3, -0.25) is 4.79 Å². The number of aldehydes is 1. The van der Waals surface area contributed by atoms with Crippen molar-refractivity contribution in [1.82, 2.24) is 0 Å². The molecule has 1 unspecified atom stereocenters. The number of carboxylic acid groups (broad SMARTS) is 1. The first-order valence-electron chi connectivity index (χ1n) is 5.28. The lowest BCUT2D eigenvalue weighted by Gasteiger charge is -2.25. The van der Waals surface area contributed by atoms with Gasteiger partial charge in [-0.05, 0) is 19.3 Å². The van der Waals surface area contributed by atoms with E-state index >= 15 is 0 Å². The molecule has 1 N–H and O–H groups in total. The van der Waals surface area contributed by atoms with Gasteiger partial charge in [0.25, 0.3) is 0 Å². The number of carboxylic acids is 1. The minimum absolute atomic E-state index is 0.0935. The highest BCUT2D eigenvalue weighted by atomic mass is 16.4. The Bertz CT molecular complexity index is 189. The van der Waals surface area contributed by atoms with Gasteiger partial charge in [0.05, 0.1) is 0 Å². The molecule has 0 amide bonds. The summed E-state index contributed by atoms with van der Waals surface area (Å²) in [6, 6.07) is 0. The highest BCUT2D eigenvalue weighted by Gasteiger charge is 2.27. The molecule has 0 aromatic carbocycles. The molecule has 3 heteroatoms. The van der Waals surface area contributed by atoms with E-state index in [1.165, 1.54) is 0 Å². The van der Waals surface area contributed by atoms with Gasteiger partial charge in [0, 0.05) is 11.8 Å². The van der Waals surface area contributed by atoms with E-state index < -0.39 is 11.4 Å². The van der Waals surface area contributed by atoms with Crippen LogP contribution < -0.4 is 0 Å². The van der Waals surface area contributed by atoms with Crippen LogP contribution in [0, 0.1) is 5.41 Å². The van der Waals surface area contributed by atoms with Crippen molar-refractivity contribution in [1.29, 1.82) is 0 Å². The third-order valence-corrected chi connectivity index (χ3v) is 2.82. The molecule has 0 aliphatic carbocycles. The zero-order valence-electron chi connectivity index (χ0n) is 9.08. The van der Waals surface area contributed by atoms with Gasteiger partial charge >= 0.3 is 5.97 Å². The predicted molar refractivity (Wildman–Crippen MR) is 55.2 cm³/mol. The summed E-state index contributed by atoms with van der Waals surface area (Å²) in [6.07, 6.45) is 5.11. The summed E-state index contributed by atoms with van der Waals surface area (Å²) >= 11 is 0. The molecule has 0 aromatic rings. The van der Waals surface area contributed by atoms with Crippen LogP contribution in [0.25, 0.3) is 0 Å². The third kappa shape index (κ3) is 4.40. The molecular weight excluding hydrogens is 180 g/mol. The molecule has 0 spiro atoms. The second-order valence-electron chi connectivity index (χ2n) is 3.83. The van der Waals surface area contributed by atoms with Crippen LogP contribution in [0.1, 0.15) is 52.4 Å². The molecule has 0 saturated heterocycles. The van der Waals surface area contributed by atoms with E-state index in [4.69, 9.17) is 5.11 Å². The van der Waals surface area contributed by atoms with Crippen LogP contribution in [-0.2, 0) is 9.59 Å². The fraction of sp³-hybridized carbons (Fsp3) is 0.818. The Kier molecular flexibility index (Phi) is 6.17. The second kappa shape index (κ2) is 6.57. The SMILES string of the molecule is CCCCC(C=O)(CC)CCC(=O)O. The van der Waals surface area contributed by atoms with E-state index in [0.29, 0.717) is 6.42 Å². The lowest BCUT2D eigenvalue weighted by atomic mass is 9.78. The molecule has 0 aliphatic heterocycles. The summed E-state index contributed by atoms with van der Waals surface area (Å²) in [4.78, 5) is 21.4. The molecule has 0 radical (unpaired) electrons. The summed E-state index contributed by atoms with van der Waals surface area (Å²) in [6.45, 7) is 4.02. The first-order valence-corrected chi connectivity index (χ1v) is 5.28. The van der Waals surface area contributed by atoms with E-state index in [1.54, 1.807) is 0 Å². The third-order valence-electron chi connectivity index (χ3n) is 2.82. The average molecular weight is 200 g/mol. The number of carbonyl (C=O) groups excluding carboxylic acids is 1. The Morgan fingerprint density at radius 3 is 2.36 bits per heavy atom. The number of hydrogen-bond acceptors (Lipinski definition) is 2. The molecule has 82 valence electrons. The average Bonchev–Trinajstić information content (AvgIpc) is 2.19. The highest BCUT2D eigenvalue weighted by Crippen LogP contribution is 2.31. The lowest BCUT2D eigenvalue weighted by Crippen LogP contribution is -2.23. The second-order valence-corrected chi connectivity index (χ2v) is 3.83. The standard InChI is InChI=1S/C11H20O3/c1-3-5-7-11(4-2,9-12)8-6-10(13)14/h9H,3-8H2,1-2H3,(H,13,14). The van der Waals surface area contributed by atoms with Gasteiger partial charge in [-0.2, -0.15) is 0 Å². The van der Waals surface area contributed by atoms with Crippen molar-refractivity contribution in [2.75, 3.05) is 0 Å². The monoisotopic (exact) mass is 200 g/mol. The quantitative estimate of drug-likeness (QED) is 0.613. The van der Waals surface area contributed by atoms with Crippen molar-refractivity contribution in [2.24, 2.45) is 5.41 Å². The molecule has 0 aromatic heterocycles. The largest absolute Gasteiger partial charge is 0.481 e. The zero-order valence-corrected chi connectivity index (χ0v) is 9.08. The van der Waals surface area contributed by atoms with E-state index in [0.717, 1.165) is 32.0 Å². The van der Waals surface area contributed by atoms with Crippen molar-refractivity contribution >= 4 is 12.3 Å². The van der Waals surface area contributed by atoms with Crippen molar-refractivity contribution in [3.63, 3.8) is 0 Å². The minimum atomic E-state index is -0.818.